The zero-order valence-corrected chi connectivity index (χ0v) is 17.4. The van der Waals surface area contributed by atoms with Gasteiger partial charge in [-0.2, -0.15) is 0 Å². The Bertz CT molecular complexity index is 1080. The standard InChI is InChI=1S/C18H23N3O5S2/c1-12(2)11-20-18(22)17-10-16(7-4-13(17)3)28(25,26)21-14-5-8-15(9-6-14)27(19,23)24/h4-10,12,21H,11H2,1-3H3,(H,20,22)(H2,19,23,24). The molecule has 10 heteroatoms. The van der Waals surface area contributed by atoms with Gasteiger partial charge in [0.15, 0.2) is 0 Å². The van der Waals surface area contributed by atoms with Crippen LogP contribution in [0.25, 0.3) is 0 Å². The van der Waals surface area contributed by atoms with Crippen LogP contribution < -0.4 is 15.2 Å². The molecule has 0 fully saturated rings. The average molecular weight is 426 g/mol. The Morgan fingerprint density at radius 3 is 2.11 bits per heavy atom. The lowest BCUT2D eigenvalue weighted by Gasteiger charge is -2.13. The van der Waals surface area contributed by atoms with E-state index in [4.69, 9.17) is 5.14 Å². The van der Waals surface area contributed by atoms with E-state index < -0.39 is 20.0 Å². The first kappa shape index (κ1) is 21.9. The van der Waals surface area contributed by atoms with Crippen molar-refractivity contribution in [2.75, 3.05) is 11.3 Å². The lowest BCUT2D eigenvalue weighted by Crippen LogP contribution is -2.28. The van der Waals surface area contributed by atoms with Crippen LogP contribution in [0.5, 0.6) is 0 Å². The smallest absolute Gasteiger partial charge is 0.261 e. The molecule has 0 saturated carbocycles. The maximum atomic E-state index is 12.6. The molecule has 0 atom stereocenters. The van der Waals surface area contributed by atoms with Gasteiger partial charge in [-0.15, -0.1) is 0 Å². The molecule has 2 aromatic rings. The molecule has 0 aromatic heterocycles. The minimum Gasteiger partial charge on any atom is -0.352 e. The number of hydrogen-bond donors (Lipinski definition) is 3. The molecule has 0 aliphatic rings. The summed E-state index contributed by atoms with van der Waals surface area (Å²) in [6, 6.07) is 9.26. The number of primary sulfonamides is 1. The highest BCUT2D eigenvalue weighted by Crippen LogP contribution is 2.20. The first-order valence-electron chi connectivity index (χ1n) is 8.44. The zero-order chi connectivity index (χ0) is 21.1. The third kappa shape index (κ3) is 5.54. The van der Waals surface area contributed by atoms with Crippen molar-refractivity contribution in [1.82, 2.24) is 5.32 Å². The van der Waals surface area contributed by atoms with E-state index in [1.54, 1.807) is 13.0 Å². The van der Waals surface area contributed by atoms with Crippen molar-refractivity contribution in [2.24, 2.45) is 11.1 Å². The molecule has 2 rings (SSSR count). The number of anilines is 1. The van der Waals surface area contributed by atoms with Gasteiger partial charge >= 0.3 is 0 Å². The highest BCUT2D eigenvalue weighted by atomic mass is 32.2. The van der Waals surface area contributed by atoms with Crippen molar-refractivity contribution in [1.29, 1.82) is 0 Å². The van der Waals surface area contributed by atoms with Crippen LogP contribution in [0, 0.1) is 12.8 Å². The largest absolute Gasteiger partial charge is 0.352 e. The van der Waals surface area contributed by atoms with E-state index in [9.17, 15) is 21.6 Å². The summed E-state index contributed by atoms with van der Waals surface area (Å²) in [5, 5.41) is 7.79. The van der Waals surface area contributed by atoms with Crippen molar-refractivity contribution in [3.05, 3.63) is 53.6 Å². The SMILES string of the molecule is Cc1ccc(S(=O)(=O)Nc2ccc(S(N)(=O)=O)cc2)cc1C(=O)NCC(C)C. The second kappa shape index (κ2) is 8.29. The van der Waals surface area contributed by atoms with Crippen LogP contribution in [0.3, 0.4) is 0 Å². The molecule has 28 heavy (non-hydrogen) atoms. The monoisotopic (exact) mass is 425 g/mol. The first-order chi connectivity index (χ1) is 12.9. The van der Waals surface area contributed by atoms with E-state index in [0.717, 1.165) is 0 Å². The highest BCUT2D eigenvalue weighted by molar-refractivity contribution is 7.92. The molecule has 1 amide bonds. The number of amides is 1. The maximum absolute atomic E-state index is 12.6. The van der Waals surface area contributed by atoms with E-state index in [1.807, 2.05) is 13.8 Å². The fourth-order valence-electron chi connectivity index (χ4n) is 2.33. The van der Waals surface area contributed by atoms with Gasteiger partial charge in [0.25, 0.3) is 15.9 Å². The number of hydrogen-bond acceptors (Lipinski definition) is 5. The van der Waals surface area contributed by atoms with Gasteiger partial charge in [0.2, 0.25) is 10.0 Å². The molecule has 0 bridgehead atoms. The van der Waals surface area contributed by atoms with E-state index in [1.165, 1.54) is 36.4 Å². The molecule has 4 N–H and O–H groups in total. The Morgan fingerprint density at radius 1 is 1.00 bits per heavy atom. The van der Waals surface area contributed by atoms with Crippen molar-refractivity contribution >= 4 is 31.6 Å². The zero-order valence-electron chi connectivity index (χ0n) is 15.8. The Labute approximate surface area is 165 Å². The summed E-state index contributed by atoms with van der Waals surface area (Å²) in [4.78, 5) is 12.1. The molecule has 0 saturated heterocycles. The molecule has 0 aliphatic heterocycles. The molecule has 0 aliphatic carbocycles. The van der Waals surface area contributed by atoms with Crippen LogP contribution in [0.4, 0.5) is 5.69 Å². The number of nitrogens with one attached hydrogen (secondary N) is 2. The Kier molecular flexibility index (Phi) is 6.48. The van der Waals surface area contributed by atoms with Crippen molar-refractivity contribution < 1.29 is 21.6 Å². The van der Waals surface area contributed by atoms with Gasteiger partial charge < -0.3 is 5.32 Å². The maximum Gasteiger partial charge on any atom is 0.261 e. The number of carbonyl (C=O) groups excluding carboxylic acids is 1. The third-order valence-electron chi connectivity index (χ3n) is 3.87. The van der Waals surface area contributed by atoms with E-state index in [-0.39, 0.29) is 32.9 Å². The number of nitrogens with two attached hydrogens (primary N) is 1. The molecular weight excluding hydrogens is 402 g/mol. The van der Waals surface area contributed by atoms with Crippen LogP contribution in [0.2, 0.25) is 0 Å². The summed E-state index contributed by atoms with van der Waals surface area (Å²) >= 11 is 0. The number of benzene rings is 2. The normalized spacial score (nSPS) is 12.0. The summed E-state index contributed by atoms with van der Waals surface area (Å²) in [6.07, 6.45) is 0. The molecule has 0 radical (unpaired) electrons. The summed E-state index contributed by atoms with van der Waals surface area (Å²) < 4.78 is 50.2. The van der Waals surface area contributed by atoms with Gasteiger partial charge in [0.05, 0.1) is 9.79 Å². The van der Waals surface area contributed by atoms with E-state index in [2.05, 4.69) is 10.0 Å². The van der Waals surface area contributed by atoms with Crippen LogP contribution in [0.1, 0.15) is 29.8 Å². The molecule has 0 spiro atoms. The Morgan fingerprint density at radius 2 is 1.57 bits per heavy atom. The van der Waals surface area contributed by atoms with Gasteiger partial charge in [-0.3, -0.25) is 9.52 Å². The van der Waals surface area contributed by atoms with Gasteiger partial charge in [0.1, 0.15) is 0 Å². The molecule has 152 valence electrons. The third-order valence-corrected chi connectivity index (χ3v) is 6.18. The minimum absolute atomic E-state index is 0.0803. The Hall–Kier alpha value is -2.43. The molecule has 0 heterocycles. The molecule has 0 unspecified atom stereocenters. The molecule has 8 nitrogen and oxygen atoms in total. The second-order valence-electron chi connectivity index (χ2n) is 6.76. The van der Waals surface area contributed by atoms with Crippen molar-refractivity contribution in [2.45, 2.75) is 30.6 Å². The van der Waals surface area contributed by atoms with Gasteiger partial charge in [-0.05, 0) is 54.8 Å². The van der Waals surface area contributed by atoms with E-state index >= 15 is 0 Å². The fourth-order valence-corrected chi connectivity index (χ4v) is 3.93. The average Bonchev–Trinajstić information content (AvgIpc) is 2.59. The summed E-state index contributed by atoms with van der Waals surface area (Å²) in [5.41, 5.74) is 1.09. The van der Waals surface area contributed by atoms with Crippen molar-refractivity contribution in [3.8, 4) is 0 Å². The number of aryl methyl sites for hydroxylation is 1. The first-order valence-corrected chi connectivity index (χ1v) is 11.5. The topological polar surface area (TPSA) is 135 Å². The predicted octanol–water partition coefficient (Wildman–Crippen LogP) is 1.83. The highest BCUT2D eigenvalue weighted by Gasteiger charge is 2.19. The van der Waals surface area contributed by atoms with Crippen LogP contribution in [-0.4, -0.2) is 29.3 Å². The van der Waals surface area contributed by atoms with E-state index in [0.29, 0.717) is 12.1 Å². The van der Waals surface area contributed by atoms with Crippen molar-refractivity contribution in [3.63, 3.8) is 0 Å². The van der Waals surface area contributed by atoms with Gasteiger partial charge in [-0.25, -0.2) is 22.0 Å². The second-order valence-corrected chi connectivity index (χ2v) is 10.00. The van der Waals surface area contributed by atoms with Gasteiger partial charge in [-0.1, -0.05) is 19.9 Å². The van der Waals surface area contributed by atoms with Gasteiger partial charge in [0, 0.05) is 17.8 Å². The van der Waals surface area contributed by atoms with Crippen LogP contribution in [-0.2, 0) is 20.0 Å². The Balaban J connectivity index is 2.28. The molecular formula is C18H23N3O5S2. The number of rotatable bonds is 7. The quantitative estimate of drug-likeness (QED) is 0.622. The minimum atomic E-state index is -3.98. The number of sulfonamides is 2. The lowest BCUT2D eigenvalue weighted by molar-refractivity contribution is 0.0948. The summed E-state index contributed by atoms with van der Waals surface area (Å²) in [5.74, 6) is -0.0844. The fraction of sp³-hybridized carbons (Fsp3) is 0.278. The predicted molar refractivity (Wildman–Crippen MR) is 107 cm³/mol. The number of carbonyl (C=O) groups is 1. The summed E-state index contributed by atoms with van der Waals surface area (Å²) in [6.45, 7) is 6.11. The van der Waals surface area contributed by atoms with Crippen LogP contribution >= 0.6 is 0 Å². The van der Waals surface area contributed by atoms with Crippen LogP contribution in [0.15, 0.2) is 52.3 Å². The summed E-state index contributed by atoms with van der Waals surface area (Å²) in [7, 11) is -7.85. The molecule has 2 aromatic carbocycles. The lowest BCUT2D eigenvalue weighted by atomic mass is 10.1.